The third-order valence-electron chi connectivity index (χ3n) is 3.59. The summed E-state index contributed by atoms with van der Waals surface area (Å²) in [6, 6.07) is 7.52. The number of amides is 1. The molecule has 0 spiro atoms. The summed E-state index contributed by atoms with van der Waals surface area (Å²) in [5, 5.41) is 7.59. The van der Waals surface area contributed by atoms with Crippen molar-refractivity contribution in [3.8, 4) is 0 Å². The van der Waals surface area contributed by atoms with Gasteiger partial charge < -0.3 is 4.90 Å². The minimum absolute atomic E-state index is 0.152. The molecule has 5 nitrogen and oxygen atoms in total. The first-order chi connectivity index (χ1) is 10.2. The zero-order valence-electron chi connectivity index (χ0n) is 11.8. The van der Waals surface area contributed by atoms with Crippen LogP contribution in [0, 0.1) is 0 Å². The third-order valence-corrected chi connectivity index (χ3v) is 3.82. The molecule has 0 aliphatic heterocycles. The highest BCUT2D eigenvalue weighted by Crippen LogP contribution is 2.37. The third kappa shape index (κ3) is 3.24. The fourth-order valence-electron chi connectivity index (χ4n) is 2.23. The predicted molar refractivity (Wildman–Crippen MR) is 80.2 cm³/mol. The number of nitrogens with zero attached hydrogens (tertiary/aromatic N) is 3. The van der Waals surface area contributed by atoms with Crippen LogP contribution in [-0.4, -0.2) is 32.5 Å². The molecule has 0 atom stereocenters. The van der Waals surface area contributed by atoms with E-state index in [1.54, 1.807) is 4.90 Å². The fourth-order valence-corrected chi connectivity index (χ4v) is 2.45. The van der Waals surface area contributed by atoms with Crippen LogP contribution in [0.25, 0.3) is 0 Å². The van der Waals surface area contributed by atoms with Gasteiger partial charge in [0.25, 0.3) is 5.91 Å². The van der Waals surface area contributed by atoms with Crippen LogP contribution in [0.5, 0.6) is 0 Å². The molecule has 1 aliphatic carbocycles. The van der Waals surface area contributed by atoms with Crippen molar-refractivity contribution in [2.24, 2.45) is 0 Å². The molecule has 0 unspecified atom stereocenters. The summed E-state index contributed by atoms with van der Waals surface area (Å²) >= 11 is 5.98. The van der Waals surface area contributed by atoms with Crippen LogP contribution in [0.3, 0.4) is 0 Å². The number of halogens is 1. The highest BCUT2D eigenvalue weighted by Gasteiger charge is 2.29. The molecule has 0 saturated heterocycles. The number of benzene rings is 1. The lowest BCUT2D eigenvalue weighted by Gasteiger charge is -2.19. The maximum Gasteiger partial charge on any atom is 0.293 e. The maximum atomic E-state index is 12.5. The smallest absolute Gasteiger partial charge is 0.293 e. The van der Waals surface area contributed by atoms with E-state index in [-0.39, 0.29) is 11.7 Å². The molecular formula is C15H17ClN4O. The monoisotopic (exact) mass is 304 g/mol. The first kappa shape index (κ1) is 14.1. The Bertz CT molecular complexity index is 651. The van der Waals surface area contributed by atoms with Crippen molar-refractivity contribution >= 4 is 17.5 Å². The number of carbonyl (C=O) groups is 1. The van der Waals surface area contributed by atoms with Crippen molar-refractivity contribution in [1.29, 1.82) is 0 Å². The molecule has 1 aromatic heterocycles. The molecule has 0 bridgehead atoms. The maximum absolute atomic E-state index is 12.5. The van der Waals surface area contributed by atoms with Crippen molar-refractivity contribution in [1.82, 2.24) is 20.1 Å². The Kier molecular flexibility index (Phi) is 3.92. The summed E-state index contributed by atoms with van der Waals surface area (Å²) < 4.78 is 0. The Labute approximate surface area is 128 Å². The molecule has 1 aromatic carbocycles. The van der Waals surface area contributed by atoms with E-state index in [9.17, 15) is 4.79 Å². The number of aromatic amines is 1. The van der Waals surface area contributed by atoms with E-state index < -0.39 is 0 Å². The number of nitrogens with one attached hydrogen (secondary N) is 1. The van der Waals surface area contributed by atoms with E-state index in [2.05, 4.69) is 15.2 Å². The van der Waals surface area contributed by atoms with Gasteiger partial charge in [0.2, 0.25) is 5.82 Å². The normalized spacial score (nSPS) is 14.2. The van der Waals surface area contributed by atoms with E-state index in [1.165, 1.54) is 0 Å². The minimum Gasteiger partial charge on any atom is -0.332 e. The summed E-state index contributed by atoms with van der Waals surface area (Å²) in [7, 11) is 0. The van der Waals surface area contributed by atoms with Gasteiger partial charge in [0.15, 0.2) is 0 Å². The van der Waals surface area contributed by atoms with Crippen molar-refractivity contribution in [2.45, 2.75) is 32.2 Å². The molecule has 3 rings (SSSR count). The first-order valence-corrected chi connectivity index (χ1v) is 7.51. The average Bonchev–Trinajstić information content (AvgIpc) is 3.22. The van der Waals surface area contributed by atoms with Crippen LogP contribution in [0.1, 0.15) is 47.7 Å². The van der Waals surface area contributed by atoms with E-state index in [0.717, 1.165) is 24.2 Å². The van der Waals surface area contributed by atoms with E-state index in [1.807, 2.05) is 31.2 Å². The van der Waals surface area contributed by atoms with Crippen LogP contribution in [0.15, 0.2) is 24.3 Å². The molecule has 1 N–H and O–H groups in total. The Balaban J connectivity index is 1.73. The molecule has 0 radical (unpaired) electrons. The van der Waals surface area contributed by atoms with Gasteiger partial charge in [-0.1, -0.05) is 23.7 Å². The van der Waals surface area contributed by atoms with Gasteiger partial charge >= 0.3 is 0 Å². The van der Waals surface area contributed by atoms with Gasteiger partial charge in [-0.3, -0.25) is 9.89 Å². The topological polar surface area (TPSA) is 61.9 Å². The minimum atomic E-state index is -0.152. The number of carbonyl (C=O) groups excluding carboxylic acids is 1. The summed E-state index contributed by atoms with van der Waals surface area (Å²) in [5.41, 5.74) is 0.996. The lowest BCUT2D eigenvalue weighted by atomic mass is 10.2. The van der Waals surface area contributed by atoms with Gasteiger partial charge in [0.05, 0.1) is 0 Å². The lowest BCUT2D eigenvalue weighted by molar-refractivity contribution is 0.0740. The Hall–Kier alpha value is -1.88. The van der Waals surface area contributed by atoms with Crippen LogP contribution in [0.2, 0.25) is 5.02 Å². The molecule has 2 aromatic rings. The van der Waals surface area contributed by atoms with Crippen LogP contribution in [0.4, 0.5) is 0 Å². The second-order valence-electron chi connectivity index (χ2n) is 5.27. The molecule has 1 saturated carbocycles. The van der Waals surface area contributed by atoms with Gasteiger partial charge in [-0.2, -0.15) is 0 Å². The summed E-state index contributed by atoms with van der Waals surface area (Å²) in [6.07, 6.45) is 2.26. The fraction of sp³-hybridized carbons (Fsp3) is 0.400. The van der Waals surface area contributed by atoms with Crippen molar-refractivity contribution in [3.63, 3.8) is 0 Å². The van der Waals surface area contributed by atoms with Crippen molar-refractivity contribution in [3.05, 3.63) is 46.5 Å². The molecule has 6 heteroatoms. The van der Waals surface area contributed by atoms with Crippen LogP contribution >= 0.6 is 11.6 Å². The zero-order chi connectivity index (χ0) is 14.8. The average molecular weight is 305 g/mol. The molecule has 1 fully saturated rings. The number of hydrogen-bond acceptors (Lipinski definition) is 3. The molecule has 21 heavy (non-hydrogen) atoms. The number of hydrogen-bond donors (Lipinski definition) is 1. The van der Waals surface area contributed by atoms with Crippen molar-refractivity contribution in [2.75, 3.05) is 6.54 Å². The lowest BCUT2D eigenvalue weighted by Crippen LogP contribution is -2.31. The highest BCUT2D eigenvalue weighted by atomic mass is 35.5. The summed E-state index contributed by atoms with van der Waals surface area (Å²) in [6.45, 7) is 3.04. The van der Waals surface area contributed by atoms with Crippen molar-refractivity contribution < 1.29 is 4.79 Å². The number of H-pyrrole nitrogens is 1. The van der Waals surface area contributed by atoms with Gasteiger partial charge in [-0.25, -0.2) is 4.98 Å². The Morgan fingerprint density at radius 1 is 1.48 bits per heavy atom. The molecular weight excluding hydrogens is 288 g/mol. The first-order valence-electron chi connectivity index (χ1n) is 7.13. The van der Waals surface area contributed by atoms with Crippen LogP contribution in [-0.2, 0) is 6.54 Å². The second-order valence-corrected chi connectivity index (χ2v) is 5.70. The quantitative estimate of drug-likeness (QED) is 0.923. The summed E-state index contributed by atoms with van der Waals surface area (Å²) in [5.74, 6) is 1.39. The number of rotatable bonds is 5. The van der Waals surface area contributed by atoms with Gasteiger partial charge in [-0.15, -0.1) is 5.10 Å². The second kappa shape index (κ2) is 5.85. The van der Waals surface area contributed by atoms with E-state index in [4.69, 9.17) is 11.6 Å². The molecule has 110 valence electrons. The SMILES string of the molecule is CCN(Cc1cccc(Cl)c1)C(=O)c1n[nH]c(C2CC2)n1. The van der Waals surface area contributed by atoms with Crippen LogP contribution < -0.4 is 0 Å². The Morgan fingerprint density at radius 3 is 2.95 bits per heavy atom. The summed E-state index contributed by atoms with van der Waals surface area (Å²) in [4.78, 5) is 18.5. The molecule has 1 amide bonds. The highest BCUT2D eigenvalue weighted by molar-refractivity contribution is 6.30. The largest absolute Gasteiger partial charge is 0.332 e. The zero-order valence-corrected chi connectivity index (χ0v) is 12.6. The predicted octanol–water partition coefficient (Wildman–Crippen LogP) is 3.00. The van der Waals surface area contributed by atoms with E-state index in [0.29, 0.717) is 24.0 Å². The number of aromatic nitrogens is 3. The van der Waals surface area contributed by atoms with E-state index >= 15 is 0 Å². The Morgan fingerprint density at radius 2 is 2.29 bits per heavy atom. The molecule has 1 heterocycles. The van der Waals surface area contributed by atoms with Gasteiger partial charge in [0, 0.05) is 24.0 Å². The van der Waals surface area contributed by atoms with Gasteiger partial charge in [-0.05, 0) is 37.5 Å². The van der Waals surface area contributed by atoms with Gasteiger partial charge in [0.1, 0.15) is 5.82 Å². The standard InChI is InChI=1S/C15H17ClN4O/c1-2-20(9-10-4-3-5-12(16)8-10)15(21)14-17-13(18-19-14)11-6-7-11/h3-5,8,11H,2,6-7,9H2,1H3,(H,17,18,19). The molecule has 1 aliphatic rings.